The first-order valence-electron chi connectivity index (χ1n) is 5.73. The molecule has 0 aromatic heterocycles. The summed E-state index contributed by atoms with van der Waals surface area (Å²) in [5.74, 6) is 0.351. The smallest absolute Gasteiger partial charge is 0.222 e. The number of carbonyl (C=O) groups is 1. The molecule has 82 valence electrons. The fourth-order valence-electron chi connectivity index (χ4n) is 1.70. The van der Waals surface area contributed by atoms with Crippen molar-refractivity contribution < 1.29 is 4.79 Å². The monoisotopic (exact) mass is 198 g/mol. The third-order valence-corrected chi connectivity index (χ3v) is 2.59. The van der Waals surface area contributed by atoms with Crippen LogP contribution < -0.4 is 5.32 Å². The van der Waals surface area contributed by atoms with Gasteiger partial charge in [-0.2, -0.15) is 0 Å². The van der Waals surface area contributed by atoms with Crippen molar-refractivity contribution in [2.75, 3.05) is 20.1 Å². The van der Waals surface area contributed by atoms with E-state index < -0.39 is 0 Å². The summed E-state index contributed by atoms with van der Waals surface area (Å²) >= 11 is 0. The highest BCUT2D eigenvalue weighted by Crippen LogP contribution is 2.27. The van der Waals surface area contributed by atoms with E-state index >= 15 is 0 Å². The van der Waals surface area contributed by atoms with Crippen LogP contribution >= 0.6 is 0 Å². The van der Waals surface area contributed by atoms with Crippen molar-refractivity contribution in [1.29, 1.82) is 0 Å². The van der Waals surface area contributed by atoms with Crippen LogP contribution in [-0.4, -0.2) is 37.0 Å². The van der Waals surface area contributed by atoms with Crippen LogP contribution in [0.1, 0.15) is 39.0 Å². The van der Waals surface area contributed by atoms with Gasteiger partial charge in [0.25, 0.3) is 0 Å². The van der Waals surface area contributed by atoms with Gasteiger partial charge in [-0.05, 0) is 39.3 Å². The van der Waals surface area contributed by atoms with Crippen LogP contribution in [0.5, 0.6) is 0 Å². The lowest BCUT2D eigenvalue weighted by Crippen LogP contribution is -2.34. The van der Waals surface area contributed by atoms with Crippen LogP contribution in [0.25, 0.3) is 0 Å². The second-order valence-corrected chi connectivity index (χ2v) is 4.03. The third-order valence-electron chi connectivity index (χ3n) is 2.59. The topological polar surface area (TPSA) is 32.3 Å². The van der Waals surface area contributed by atoms with Gasteiger partial charge in [0.2, 0.25) is 5.91 Å². The summed E-state index contributed by atoms with van der Waals surface area (Å²) in [4.78, 5) is 13.9. The van der Waals surface area contributed by atoms with Gasteiger partial charge >= 0.3 is 0 Å². The molecular formula is C11H22N2O. The van der Waals surface area contributed by atoms with Gasteiger partial charge in [-0.15, -0.1) is 0 Å². The minimum absolute atomic E-state index is 0.351. The number of hydrogen-bond donors (Lipinski definition) is 1. The summed E-state index contributed by atoms with van der Waals surface area (Å²) < 4.78 is 0. The molecular weight excluding hydrogens is 176 g/mol. The summed E-state index contributed by atoms with van der Waals surface area (Å²) in [6.07, 6.45) is 5.18. The molecule has 1 fully saturated rings. The lowest BCUT2D eigenvalue weighted by Gasteiger charge is -2.21. The van der Waals surface area contributed by atoms with E-state index in [4.69, 9.17) is 0 Å². The quantitative estimate of drug-likeness (QED) is 0.627. The Morgan fingerprint density at radius 2 is 2.21 bits per heavy atom. The highest BCUT2D eigenvalue weighted by Gasteiger charge is 2.31. The van der Waals surface area contributed by atoms with Gasteiger partial charge in [0.1, 0.15) is 0 Å². The normalized spacial score (nSPS) is 15.6. The molecule has 1 aliphatic carbocycles. The first kappa shape index (κ1) is 11.5. The Bertz CT molecular complexity index is 178. The van der Waals surface area contributed by atoms with Gasteiger partial charge in [0, 0.05) is 19.0 Å². The number of nitrogens with zero attached hydrogens (tertiary/aromatic N) is 1. The van der Waals surface area contributed by atoms with Crippen molar-refractivity contribution >= 4 is 5.91 Å². The maximum absolute atomic E-state index is 11.8. The Kier molecular flexibility index (Phi) is 4.94. The van der Waals surface area contributed by atoms with Crippen LogP contribution in [0.4, 0.5) is 0 Å². The summed E-state index contributed by atoms with van der Waals surface area (Å²) in [5, 5.41) is 3.07. The lowest BCUT2D eigenvalue weighted by molar-refractivity contribution is -0.131. The van der Waals surface area contributed by atoms with E-state index in [2.05, 4.69) is 17.1 Å². The summed E-state index contributed by atoms with van der Waals surface area (Å²) in [6.45, 7) is 4.02. The van der Waals surface area contributed by atoms with Gasteiger partial charge in [-0.1, -0.05) is 6.92 Å². The zero-order chi connectivity index (χ0) is 10.4. The summed E-state index contributed by atoms with van der Waals surface area (Å²) in [6, 6.07) is 0.581. The first-order chi connectivity index (χ1) is 6.79. The molecule has 0 unspecified atom stereocenters. The van der Waals surface area contributed by atoms with Crippen molar-refractivity contribution in [2.24, 2.45) is 0 Å². The molecule has 0 heterocycles. The Morgan fingerprint density at radius 1 is 1.50 bits per heavy atom. The molecule has 1 N–H and O–H groups in total. The second kappa shape index (κ2) is 6.02. The van der Waals surface area contributed by atoms with E-state index in [1.165, 1.54) is 12.8 Å². The molecule has 14 heavy (non-hydrogen) atoms. The average Bonchev–Trinajstić information content (AvgIpc) is 2.98. The van der Waals surface area contributed by atoms with E-state index in [9.17, 15) is 4.79 Å². The molecule has 0 atom stereocenters. The summed E-state index contributed by atoms with van der Waals surface area (Å²) in [7, 11) is 1.93. The van der Waals surface area contributed by atoms with Crippen LogP contribution in [-0.2, 0) is 4.79 Å². The third kappa shape index (κ3) is 3.66. The lowest BCUT2D eigenvalue weighted by atomic mass is 10.2. The number of hydrogen-bond acceptors (Lipinski definition) is 2. The molecule has 1 amide bonds. The van der Waals surface area contributed by atoms with Gasteiger partial charge in [0.15, 0.2) is 0 Å². The molecule has 1 rings (SSSR count). The zero-order valence-corrected chi connectivity index (χ0v) is 9.38. The fourth-order valence-corrected chi connectivity index (χ4v) is 1.70. The molecule has 0 aromatic rings. The fraction of sp³-hybridized carbons (Fsp3) is 0.909. The van der Waals surface area contributed by atoms with E-state index in [1.54, 1.807) is 0 Å². The molecule has 0 radical (unpaired) electrons. The predicted molar refractivity (Wildman–Crippen MR) is 58.2 cm³/mol. The van der Waals surface area contributed by atoms with Gasteiger partial charge < -0.3 is 10.2 Å². The highest BCUT2D eigenvalue weighted by atomic mass is 16.2. The molecule has 3 heteroatoms. The number of amides is 1. The van der Waals surface area contributed by atoms with Crippen molar-refractivity contribution in [1.82, 2.24) is 10.2 Å². The molecule has 0 spiro atoms. The maximum atomic E-state index is 11.8. The van der Waals surface area contributed by atoms with Crippen molar-refractivity contribution in [3.05, 3.63) is 0 Å². The van der Waals surface area contributed by atoms with Crippen LogP contribution in [0.2, 0.25) is 0 Å². The summed E-state index contributed by atoms with van der Waals surface area (Å²) in [5.41, 5.74) is 0. The van der Waals surface area contributed by atoms with Gasteiger partial charge in [0.05, 0.1) is 0 Å². The van der Waals surface area contributed by atoms with Gasteiger partial charge in [-0.3, -0.25) is 4.79 Å². The van der Waals surface area contributed by atoms with Crippen molar-refractivity contribution in [2.45, 2.75) is 45.1 Å². The standard InChI is InChI=1S/C11H22N2O/c1-3-9-13(10-6-7-10)11(14)5-4-8-12-2/h10,12H,3-9H2,1-2H3. The number of nitrogens with one attached hydrogen (secondary N) is 1. The molecule has 0 aromatic carbocycles. The largest absolute Gasteiger partial charge is 0.340 e. The Balaban J connectivity index is 2.23. The van der Waals surface area contributed by atoms with E-state index in [0.29, 0.717) is 18.4 Å². The molecule has 0 saturated heterocycles. The van der Waals surface area contributed by atoms with Crippen LogP contribution in [0.3, 0.4) is 0 Å². The van der Waals surface area contributed by atoms with Crippen molar-refractivity contribution in [3.63, 3.8) is 0 Å². The van der Waals surface area contributed by atoms with Crippen LogP contribution in [0, 0.1) is 0 Å². The number of rotatable bonds is 7. The van der Waals surface area contributed by atoms with E-state index in [-0.39, 0.29) is 0 Å². The van der Waals surface area contributed by atoms with Crippen molar-refractivity contribution in [3.8, 4) is 0 Å². The highest BCUT2D eigenvalue weighted by molar-refractivity contribution is 5.76. The Morgan fingerprint density at radius 3 is 2.71 bits per heavy atom. The molecule has 0 aliphatic heterocycles. The molecule has 1 saturated carbocycles. The average molecular weight is 198 g/mol. The Labute approximate surface area is 86.9 Å². The predicted octanol–water partition coefficient (Wildman–Crippen LogP) is 1.39. The minimum atomic E-state index is 0.351. The Hall–Kier alpha value is -0.570. The van der Waals surface area contributed by atoms with E-state index in [0.717, 1.165) is 25.9 Å². The second-order valence-electron chi connectivity index (χ2n) is 4.03. The maximum Gasteiger partial charge on any atom is 0.222 e. The zero-order valence-electron chi connectivity index (χ0n) is 9.38. The van der Waals surface area contributed by atoms with Gasteiger partial charge in [-0.25, -0.2) is 0 Å². The molecule has 1 aliphatic rings. The molecule has 3 nitrogen and oxygen atoms in total. The van der Waals surface area contributed by atoms with Crippen LogP contribution in [0.15, 0.2) is 0 Å². The minimum Gasteiger partial charge on any atom is -0.340 e. The van der Waals surface area contributed by atoms with E-state index in [1.807, 2.05) is 7.05 Å². The number of carbonyl (C=O) groups excluding carboxylic acids is 1. The first-order valence-corrected chi connectivity index (χ1v) is 5.73. The SMILES string of the molecule is CCCN(C(=O)CCCNC)C1CC1. The molecule has 0 bridgehead atoms.